The molecule has 0 spiro atoms. The second-order valence-corrected chi connectivity index (χ2v) is 8.96. The van der Waals surface area contributed by atoms with E-state index >= 15 is 0 Å². The Balaban J connectivity index is 1.57. The Bertz CT molecular complexity index is 1530. The summed E-state index contributed by atoms with van der Waals surface area (Å²) in [5.41, 5.74) is 5.84. The average molecular weight is 409 g/mol. The van der Waals surface area contributed by atoms with Crippen LogP contribution in [0, 0.1) is 12.8 Å². The van der Waals surface area contributed by atoms with Crippen molar-refractivity contribution in [2.45, 2.75) is 39.0 Å². The molecule has 0 amide bonds. The topological polar surface area (TPSA) is 17.0 Å². The number of fused-ring (bicyclic) bond motifs is 5. The van der Waals surface area contributed by atoms with Crippen LogP contribution in [0.15, 0.2) is 71.3 Å². The Labute approximate surface area is 185 Å². The summed E-state index contributed by atoms with van der Waals surface area (Å²) in [7, 11) is 2.04. The standard InChI is InChI=1S/C29H28NO/c1-19-15-28-25(29-23-10-6-5-9-22(23)11-12-27(29)31-28)18-24(19)26-17-21(13-14-30(26)2)16-20-7-3-4-8-20/h5-6,9-15,17-18,20H,3-4,7-8,16H2,1-2H3/q+1/i16D2. The Morgan fingerprint density at radius 1 is 0.968 bits per heavy atom. The van der Waals surface area contributed by atoms with Crippen LogP contribution in [0.1, 0.15) is 39.6 Å². The molecule has 6 rings (SSSR count). The van der Waals surface area contributed by atoms with E-state index in [4.69, 9.17) is 7.16 Å². The molecule has 0 radical (unpaired) electrons. The van der Waals surface area contributed by atoms with Crippen LogP contribution in [0.2, 0.25) is 0 Å². The first-order valence-corrected chi connectivity index (χ1v) is 11.3. The van der Waals surface area contributed by atoms with Crippen LogP contribution in [0.4, 0.5) is 0 Å². The molecule has 2 nitrogen and oxygen atoms in total. The fourth-order valence-corrected chi connectivity index (χ4v) is 5.20. The summed E-state index contributed by atoms with van der Waals surface area (Å²) >= 11 is 0. The molecular weight excluding hydrogens is 378 g/mol. The van der Waals surface area contributed by atoms with E-state index in [0.717, 1.165) is 70.0 Å². The second kappa shape index (κ2) is 7.23. The van der Waals surface area contributed by atoms with Gasteiger partial charge in [0.05, 0.1) is 0 Å². The third kappa shape index (κ3) is 3.13. The summed E-state index contributed by atoms with van der Waals surface area (Å²) in [6.07, 6.45) is 4.91. The highest BCUT2D eigenvalue weighted by atomic mass is 16.3. The second-order valence-electron chi connectivity index (χ2n) is 8.96. The molecular formula is C29H28NO+. The van der Waals surface area contributed by atoms with Gasteiger partial charge in [0.1, 0.15) is 18.2 Å². The van der Waals surface area contributed by atoms with Crippen molar-refractivity contribution >= 4 is 32.7 Å². The summed E-state index contributed by atoms with van der Waals surface area (Å²) in [5.74, 6) is 0.103. The molecule has 2 heteroatoms. The monoisotopic (exact) mass is 408 g/mol. The van der Waals surface area contributed by atoms with E-state index in [1.807, 2.05) is 19.3 Å². The van der Waals surface area contributed by atoms with Gasteiger partial charge in [-0.25, -0.2) is 4.57 Å². The highest BCUT2D eigenvalue weighted by molar-refractivity contribution is 6.19. The van der Waals surface area contributed by atoms with Gasteiger partial charge in [-0.2, -0.15) is 0 Å². The maximum Gasteiger partial charge on any atom is 0.212 e. The molecule has 1 saturated carbocycles. The quantitative estimate of drug-likeness (QED) is 0.287. The van der Waals surface area contributed by atoms with Crippen LogP contribution in [-0.4, -0.2) is 0 Å². The molecule has 2 aromatic heterocycles. The molecule has 3 aromatic carbocycles. The zero-order valence-electron chi connectivity index (χ0n) is 20.1. The number of furan rings is 1. The highest BCUT2D eigenvalue weighted by Gasteiger charge is 2.20. The highest BCUT2D eigenvalue weighted by Crippen LogP contribution is 2.38. The fraction of sp³-hybridized carbons (Fsp3) is 0.276. The number of rotatable bonds is 3. The van der Waals surface area contributed by atoms with Gasteiger partial charge in [-0.1, -0.05) is 56.0 Å². The summed E-state index contributed by atoms with van der Waals surface area (Å²) in [5, 5.41) is 4.64. The normalized spacial score (nSPS) is 16.3. The van der Waals surface area contributed by atoms with Gasteiger partial charge in [0.2, 0.25) is 5.69 Å². The van der Waals surface area contributed by atoms with Crippen molar-refractivity contribution in [3.63, 3.8) is 0 Å². The third-order valence-electron chi connectivity index (χ3n) is 6.86. The number of hydrogen-bond donors (Lipinski definition) is 0. The first kappa shape index (κ1) is 16.5. The van der Waals surface area contributed by atoms with Crippen molar-refractivity contribution in [3.8, 4) is 11.3 Å². The van der Waals surface area contributed by atoms with E-state index in [0.29, 0.717) is 0 Å². The lowest BCUT2D eigenvalue weighted by atomic mass is 9.95. The van der Waals surface area contributed by atoms with E-state index in [-0.39, 0.29) is 5.92 Å². The number of benzene rings is 3. The molecule has 5 aromatic rings. The number of aryl methyl sites for hydroxylation is 2. The minimum Gasteiger partial charge on any atom is -0.456 e. The molecule has 1 aliphatic rings. The van der Waals surface area contributed by atoms with Crippen molar-refractivity contribution < 1.29 is 11.7 Å². The van der Waals surface area contributed by atoms with Crippen molar-refractivity contribution in [1.29, 1.82) is 0 Å². The fourth-order valence-electron chi connectivity index (χ4n) is 5.20. The number of nitrogens with zero attached hydrogens (tertiary/aromatic N) is 1. The van der Waals surface area contributed by atoms with Gasteiger partial charge in [0.25, 0.3) is 0 Å². The molecule has 154 valence electrons. The predicted octanol–water partition coefficient (Wildman–Crippen LogP) is 7.27. The van der Waals surface area contributed by atoms with Crippen LogP contribution in [0.3, 0.4) is 0 Å². The van der Waals surface area contributed by atoms with Crippen LogP contribution in [-0.2, 0) is 13.4 Å². The Morgan fingerprint density at radius 3 is 2.68 bits per heavy atom. The van der Waals surface area contributed by atoms with Gasteiger partial charge >= 0.3 is 0 Å². The van der Waals surface area contributed by atoms with Gasteiger partial charge in [-0.15, -0.1) is 0 Å². The summed E-state index contributed by atoms with van der Waals surface area (Å²) in [6, 6.07) is 21.0. The van der Waals surface area contributed by atoms with Gasteiger partial charge in [-0.3, -0.25) is 0 Å². The van der Waals surface area contributed by atoms with Crippen molar-refractivity contribution in [1.82, 2.24) is 0 Å². The molecule has 2 heterocycles. The Morgan fingerprint density at radius 2 is 1.81 bits per heavy atom. The zero-order chi connectivity index (χ0) is 22.7. The SMILES string of the molecule is [2H]C([2H])(c1cc[n+](C)c(-c2cc3c(cc2C)oc2ccc4ccccc4c23)c1)C1CCCC1. The molecule has 0 atom stereocenters. The van der Waals surface area contributed by atoms with Gasteiger partial charge < -0.3 is 4.42 Å². The van der Waals surface area contributed by atoms with Gasteiger partial charge in [-0.05, 0) is 59.3 Å². The Kier molecular flexibility index (Phi) is 3.86. The lowest BCUT2D eigenvalue weighted by Crippen LogP contribution is -2.30. The maximum atomic E-state index is 8.89. The van der Waals surface area contributed by atoms with E-state index in [9.17, 15) is 0 Å². The third-order valence-corrected chi connectivity index (χ3v) is 6.86. The van der Waals surface area contributed by atoms with Crippen LogP contribution >= 0.6 is 0 Å². The maximum absolute atomic E-state index is 8.89. The van der Waals surface area contributed by atoms with Crippen LogP contribution in [0.25, 0.3) is 44.0 Å². The van der Waals surface area contributed by atoms with E-state index in [2.05, 4.69) is 66.1 Å². The first-order valence-electron chi connectivity index (χ1n) is 12.3. The van der Waals surface area contributed by atoms with Crippen molar-refractivity contribution in [2.24, 2.45) is 13.0 Å². The molecule has 1 aliphatic carbocycles. The van der Waals surface area contributed by atoms with E-state index < -0.39 is 6.37 Å². The predicted molar refractivity (Wildman–Crippen MR) is 128 cm³/mol. The van der Waals surface area contributed by atoms with Crippen molar-refractivity contribution in [3.05, 3.63) is 78.0 Å². The molecule has 31 heavy (non-hydrogen) atoms. The summed E-state index contributed by atoms with van der Waals surface area (Å²) < 4.78 is 26.1. The average Bonchev–Trinajstić information content (AvgIpc) is 3.47. The van der Waals surface area contributed by atoms with E-state index in [1.165, 1.54) is 10.8 Å². The van der Waals surface area contributed by atoms with Crippen molar-refractivity contribution in [2.75, 3.05) is 0 Å². The zero-order valence-corrected chi connectivity index (χ0v) is 18.1. The molecule has 0 N–H and O–H groups in total. The number of aromatic nitrogens is 1. The smallest absolute Gasteiger partial charge is 0.212 e. The minimum atomic E-state index is -1.31. The minimum absolute atomic E-state index is 0.103. The molecule has 0 bridgehead atoms. The first-order chi connectivity index (χ1) is 15.9. The Hall–Kier alpha value is -3.13. The molecule has 0 saturated heterocycles. The van der Waals surface area contributed by atoms with Crippen LogP contribution < -0.4 is 4.57 Å². The summed E-state index contributed by atoms with van der Waals surface area (Å²) in [4.78, 5) is 0. The molecule has 0 aliphatic heterocycles. The van der Waals surface area contributed by atoms with Gasteiger partial charge in [0, 0.05) is 31.2 Å². The molecule has 1 fully saturated rings. The number of pyridine rings is 1. The van der Waals surface area contributed by atoms with Crippen LogP contribution in [0.5, 0.6) is 0 Å². The van der Waals surface area contributed by atoms with E-state index in [1.54, 1.807) is 0 Å². The lowest BCUT2D eigenvalue weighted by molar-refractivity contribution is -0.660. The van der Waals surface area contributed by atoms with Gasteiger partial charge in [0.15, 0.2) is 6.20 Å². The lowest BCUT2D eigenvalue weighted by Gasteiger charge is -2.10. The molecule has 0 unspecified atom stereocenters. The summed E-state index contributed by atoms with van der Waals surface area (Å²) in [6.45, 7) is 2.11. The largest absolute Gasteiger partial charge is 0.456 e. The number of hydrogen-bond acceptors (Lipinski definition) is 1.